The molecular weight excluding hydrogens is 577 g/mol. The number of amides is 4. The lowest BCUT2D eigenvalue weighted by atomic mass is 9.96. The minimum absolute atomic E-state index is 0.00779. The van der Waals surface area contributed by atoms with Crippen molar-refractivity contribution in [1.29, 1.82) is 0 Å². The lowest BCUT2D eigenvalue weighted by Gasteiger charge is -2.29. The molecule has 3 aromatic rings. The van der Waals surface area contributed by atoms with E-state index in [-0.39, 0.29) is 54.4 Å². The van der Waals surface area contributed by atoms with Crippen LogP contribution in [0.3, 0.4) is 0 Å². The summed E-state index contributed by atoms with van der Waals surface area (Å²) < 4.78 is 15.7. The van der Waals surface area contributed by atoms with Gasteiger partial charge in [0.1, 0.15) is 24.7 Å². The molecule has 2 aliphatic rings. The minimum Gasteiger partial charge on any atom is -0.364 e. The monoisotopic (exact) mass is 611 g/mol. The number of halogens is 2. The number of urea groups is 1. The molecule has 4 amide bonds. The number of hydrogen-bond donors (Lipinski definition) is 4. The van der Waals surface area contributed by atoms with E-state index in [0.29, 0.717) is 28.4 Å². The summed E-state index contributed by atoms with van der Waals surface area (Å²) in [7, 11) is 0. The van der Waals surface area contributed by atoms with Gasteiger partial charge in [-0.3, -0.25) is 14.3 Å². The van der Waals surface area contributed by atoms with Gasteiger partial charge < -0.3 is 31.4 Å². The molecule has 1 atom stereocenters. The average molecular weight is 612 g/mol. The largest absolute Gasteiger partial charge is 0.364 e. The topological polar surface area (TPSA) is 151 Å². The van der Waals surface area contributed by atoms with Crippen molar-refractivity contribution in [2.45, 2.75) is 76.2 Å². The Bertz CT molecular complexity index is 1520. The second kappa shape index (κ2) is 13.5. The van der Waals surface area contributed by atoms with Crippen molar-refractivity contribution in [2.75, 3.05) is 11.9 Å². The van der Waals surface area contributed by atoms with Crippen molar-refractivity contribution in [3.05, 3.63) is 58.5 Å². The molecule has 1 aromatic heterocycles. The third kappa shape index (κ3) is 7.31. The van der Waals surface area contributed by atoms with Gasteiger partial charge in [0.2, 0.25) is 5.91 Å². The Kier molecular flexibility index (Phi) is 9.56. The summed E-state index contributed by atoms with van der Waals surface area (Å²) in [6, 6.07) is 8.52. The van der Waals surface area contributed by atoms with E-state index in [1.54, 1.807) is 30.3 Å². The first kappa shape index (κ1) is 30.4. The number of nitrogens with two attached hydrogens (primary N) is 1. The third-order valence-corrected chi connectivity index (χ3v) is 8.20. The summed E-state index contributed by atoms with van der Waals surface area (Å²) in [5.41, 5.74) is 6.86. The molecule has 5 rings (SSSR count). The second-order valence-electron chi connectivity index (χ2n) is 11.1. The maximum absolute atomic E-state index is 14.3. The molecule has 11 nitrogen and oxygen atoms in total. The predicted molar refractivity (Wildman–Crippen MR) is 160 cm³/mol. The molecule has 5 N–H and O–H groups in total. The van der Waals surface area contributed by atoms with Gasteiger partial charge in [0.25, 0.3) is 5.91 Å². The maximum Gasteiger partial charge on any atom is 0.319 e. The molecule has 228 valence electrons. The number of fused-ring (bicyclic) bond motifs is 1. The molecule has 0 bridgehead atoms. The number of anilines is 1. The fourth-order valence-electron chi connectivity index (χ4n) is 5.63. The van der Waals surface area contributed by atoms with E-state index in [2.05, 4.69) is 21.0 Å². The highest BCUT2D eigenvalue weighted by Crippen LogP contribution is 2.30. The predicted octanol–water partition coefficient (Wildman–Crippen LogP) is 3.73. The molecule has 0 saturated heterocycles. The van der Waals surface area contributed by atoms with Gasteiger partial charge in [0, 0.05) is 41.8 Å². The van der Waals surface area contributed by atoms with Crippen LogP contribution < -0.4 is 21.7 Å². The highest BCUT2D eigenvalue weighted by atomic mass is 35.5. The van der Waals surface area contributed by atoms with Crippen molar-refractivity contribution in [1.82, 2.24) is 25.3 Å². The van der Waals surface area contributed by atoms with Crippen LogP contribution >= 0.6 is 11.6 Å². The quantitative estimate of drug-likeness (QED) is 0.229. The first-order valence-electron chi connectivity index (χ1n) is 14.5. The van der Waals surface area contributed by atoms with E-state index < -0.39 is 17.8 Å². The zero-order valence-electron chi connectivity index (χ0n) is 23.7. The fraction of sp³-hybridized carbons (Fsp3) is 0.433. The van der Waals surface area contributed by atoms with Crippen LogP contribution in [0.2, 0.25) is 5.02 Å². The molecule has 2 aromatic carbocycles. The lowest BCUT2D eigenvalue weighted by molar-refractivity contribution is -0.137. The van der Waals surface area contributed by atoms with Gasteiger partial charge in [0.15, 0.2) is 5.69 Å². The highest BCUT2D eigenvalue weighted by molar-refractivity contribution is 6.30. The number of hydrogen-bond acceptors (Lipinski definition) is 6. The smallest absolute Gasteiger partial charge is 0.319 e. The minimum atomic E-state index is -0.793. The molecule has 0 aliphatic heterocycles. The lowest BCUT2D eigenvalue weighted by Crippen LogP contribution is -2.49. The molecule has 2 fully saturated rings. The van der Waals surface area contributed by atoms with Crippen LogP contribution in [0.4, 0.5) is 14.9 Å². The maximum atomic E-state index is 14.3. The number of aromatic nitrogens is 2. The van der Waals surface area contributed by atoms with Crippen molar-refractivity contribution >= 4 is 52.3 Å². The average Bonchev–Trinajstić information content (AvgIpc) is 3.76. The SMILES string of the molecule is NC(=O)c1nn(CC(=O)N(C(C=O)CNCc2cccc(Cl)c2F)C2CC2)c2ccc(NC(=O)NC3CCCCC3)cc12. The molecule has 1 heterocycles. The summed E-state index contributed by atoms with van der Waals surface area (Å²) in [6.07, 6.45) is 7.44. The number of primary amides is 1. The van der Waals surface area contributed by atoms with E-state index in [0.717, 1.165) is 38.5 Å². The third-order valence-electron chi connectivity index (χ3n) is 7.91. The Balaban J connectivity index is 1.29. The molecule has 1 unspecified atom stereocenters. The van der Waals surface area contributed by atoms with E-state index in [9.17, 15) is 23.6 Å². The number of rotatable bonds is 12. The number of carbonyl (C=O) groups is 4. The van der Waals surface area contributed by atoms with Gasteiger partial charge in [-0.2, -0.15) is 5.10 Å². The van der Waals surface area contributed by atoms with Crippen LogP contribution in [0, 0.1) is 5.82 Å². The van der Waals surface area contributed by atoms with Crippen LogP contribution in [0.15, 0.2) is 36.4 Å². The molecule has 0 radical (unpaired) electrons. The zero-order chi connectivity index (χ0) is 30.5. The normalized spacial score (nSPS) is 16.0. The molecule has 43 heavy (non-hydrogen) atoms. The van der Waals surface area contributed by atoms with Crippen LogP contribution in [0.5, 0.6) is 0 Å². The van der Waals surface area contributed by atoms with E-state index in [1.165, 1.54) is 22.1 Å². The van der Waals surface area contributed by atoms with Gasteiger partial charge in [-0.25, -0.2) is 9.18 Å². The molecule has 2 aliphatic carbocycles. The molecular formula is C30H35ClFN7O4. The van der Waals surface area contributed by atoms with Gasteiger partial charge in [0.05, 0.1) is 10.5 Å². The highest BCUT2D eigenvalue weighted by Gasteiger charge is 2.37. The Labute approximate surface area is 253 Å². The van der Waals surface area contributed by atoms with E-state index in [4.69, 9.17) is 17.3 Å². The first-order valence-corrected chi connectivity index (χ1v) is 14.9. The van der Waals surface area contributed by atoms with Crippen LogP contribution in [0.1, 0.15) is 61.0 Å². The van der Waals surface area contributed by atoms with Crippen molar-refractivity contribution < 1.29 is 23.6 Å². The Morgan fingerprint density at radius 3 is 2.60 bits per heavy atom. The standard InChI is InChI=1S/C30H35ClFN7O4/c31-24-8-4-5-18(27(24)32)14-34-15-22(17-40)39(21-10-11-21)26(41)16-38-25-12-9-20(13-23(25)28(37-38)29(33)42)36-30(43)35-19-6-2-1-3-7-19/h4-5,8-9,12-13,17,19,21-22,34H,1-3,6-7,10-11,14-16H2,(H2,33,42)(H2,35,36,43). The van der Waals surface area contributed by atoms with Crippen molar-refractivity contribution in [3.8, 4) is 0 Å². The summed E-state index contributed by atoms with van der Waals surface area (Å²) in [5.74, 6) is -1.67. The number of carbonyl (C=O) groups excluding carboxylic acids is 4. The van der Waals surface area contributed by atoms with E-state index in [1.807, 2.05) is 0 Å². The molecule has 2 saturated carbocycles. The van der Waals surface area contributed by atoms with Gasteiger partial charge in [-0.15, -0.1) is 0 Å². The Morgan fingerprint density at radius 2 is 1.91 bits per heavy atom. The Morgan fingerprint density at radius 1 is 1.14 bits per heavy atom. The van der Waals surface area contributed by atoms with Crippen LogP contribution in [-0.4, -0.2) is 63.5 Å². The Hall–Kier alpha value is -4.03. The first-order chi connectivity index (χ1) is 20.7. The number of benzene rings is 2. The summed E-state index contributed by atoms with van der Waals surface area (Å²) in [5, 5.41) is 13.6. The van der Waals surface area contributed by atoms with Crippen LogP contribution in [-0.2, 0) is 22.7 Å². The number of nitrogens with zero attached hydrogens (tertiary/aromatic N) is 3. The van der Waals surface area contributed by atoms with Gasteiger partial charge in [-0.05, 0) is 49.9 Å². The van der Waals surface area contributed by atoms with Gasteiger partial charge in [-0.1, -0.05) is 43.0 Å². The molecule has 13 heteroatoms. The fourth-order valence-corrected chi connectivity index (χ4v) is 5.83. The number of nitrogens with one attached hydrogen (secondary N) is 3. The van der Waals surface area contributed by atoms with Crippen molar-refractivity contribution in [2.24, 2.45) is 5.73 Å². The summed E-state index contributed by atoms with van der Waals surface area (Å²) in [6.45, 7) is 0.00869. The van der Waals surface area contributed by atoms with Crippen molar-refractivity contribution in [3.63, 3.8) is 0 Å². The molecule has 0 spiro atoms. The summed E-state index contributed by atoms with van der Waals surface area (Å²) >= 11 is 5.86. The second-order valence-corrected chi connectivity index (χ2v) is 11.5. The van der Waals surface area contributed by atoms with Gasteiger partial charge >= 0.3 is 6.03 Å². The number of aldehydes is 1. The zero-order valence-corrected chi connectivity index (χ0v) is 24.4. The van der Waals surface area contributed by atoms with E-state index >= 15 is 0 Å². The van der Waals surface area contributed by atoms with Crippen LogP contribution in [0.25, 0.3) is 10.9 Å². The summed E-state index contributed by atoms with van der Waals surface area (Å²) in [4.78, 5) is 52.0.